The fraction of sp³-hybridized carbons (Fsp3) is 0.0588. The van der Waals surface area contributed by atoms with Crippen molar-refractivity contribution in [2.75, 3.05) is 5.32 Å². The summed E-state index contributed by atoms with van der Waals surface area (Å²) in [6.45, 7) is 1.46. The molecular weight excluding hydrogens is 266 g/mol. The van der Waals surface area contributed by atoms with Gasteiger partial charge in [-0.25, -0.2) is 4.79 Å². The first kappa shape index (κ1) is 13.1. The third-order valence-electron chi connectivity index (χ3n) is 3.14. The van der Waals surface area contributed by atoms with E-state index < -0.39 is 0 Å². The fourth-order valence-corrected chi connectivity index (χ4v) is 2.21. The molecule has 0 spiro atoms. The van der Waals surface area contributed by atoms with Crippen LogP contribution in [0.1, 0.15) is 28.4 Å². The molecule has 104 valence electrons. The molecule has 1 aliphatic heterocycles. The summed E-state index contributed by atoms with van der Waals surface area (Å²) in [6.07, 6.45) is 1.81. The summed E-state index contributed by atoms with van der Waals surface area (Å²) in [6, 6.07) is 14.6. The maximum absolute atomic E-state index is 11.7. The van der Waals surface area contributed by atoms with E-state index in [4.69, 9.17) is 4.74 Å². The average Bonchev–Trinajstić information content (AvgIpc) is 2.78. The summed E-state index contributed by atoms with van der Waals surface area (Å²) in [5, 5.41) is 2.70. The van der Waals surface area contributed by atoms with Gasteiger partial charge in [-0.05, 0) is 29.8 Å². The van der Waals surface area contributed by atoms with Crippen LogP contribution < -0.4 is 5.32 Å². The molecule has 0 radical (unpaired) electrons. The SMILES string of the molecule is CC(=O)Nc1ccc(/C=C2\OC(=O)c3ccccc32)cc1. The van der Waals surface area contributed by atoms with Gasteiger partial charge < -0.3 is 10.1 Å². The number of anilines is 1. The zero-order chi connectivity index (χ0) is 14.8. The van der Waals surface area contributed by atoms with Crippen LogP contribution >= 0.6 is 0 Å². The Kier molecular flexibility index (Phi) is 3.28. The largest absolute Gasteiger partial charge is 0.422 e. The summed E-state index contributed by atoms with van der Waals surface area (Å²) in [4.78, 5) is 22.7. The van der Waals surface area contributed by atoms with Crippen molar-refractivity contribution in [3.05, 3.63) is 65.2 Å². The van der Waals surface area contributed by atoms with Gasteiger partial charge in [0.1, 0.15) is 5.76 Å². The highest BCUT2D eigenvalue weighted by Crippen LogP contribution is 2.31. The maximum atomic E-state index is 11.7. The highest BCUT2D eigenvalue weighted by Gasteiger charge is 2.25. The van der Waals surface area contributed by atoms with Crippen molar-refractivity contribution < 1.29 is 14.3 Å². The Bertz CT molecular complexity index is 745. The van der Waals surface area contributed by atoms with Crippen LogP contribution in [0.15, 0.2) is 48.5 Å². The number of amides is 1. The zero-order valence-electron chi connectivity index (χ0n) is 11.4. The molecule has 0 saturated heterocycles. The smallest absolute Gasteiger partial charge is 0.344 e. The van der Waals surface area contributed by atoms with E-state index in [9.17, 15) is 9.59 Å². The molecule has 0 unspecified atom stereocenters. The first-order valence-electron chi connectivity index (χ1n) is 6.54. The average molecular weight is 279 g/mol. The molecule has 3 rings (SSSR count). The van der Waals surface area contributed by atoms with Crippen LogP contribution in [0.25, 0.3) is 11.8 Å². The first-order valence-corrected chi connectivity index (χ1v) is 6.54. The second-order valence-electron chi connectivity index (χ2n) is 4.75. The lowest BCUT2D eigenvalue weighted by molar-refractivity contribution is -0.114. The summed E-state index contributed by atoms with van der Waals surface area (Å²) in [5.41, 5.74) is 3.00. The summed E-state index contributed by atoms with van der Waals surface area (Å²) >= 11 is 0. The molecule has 0 saturated carbocycles. The molecule has 2 aromatic rings. The van der Waals surface area contributed by atoms with Gasteiger partial charge in [0.25, 0.3) is 0 Å². The number of nitrogens with one attached hydrogen (secondary N) is 1. The van der Waals surface area contributed by atoms with Crippen molar-refractivity contribution in [2.45, 2.75) is 6.92 Å². The summed E-state index contributed by atoms with van der Waals surface area (Å²) < 4.78 is 5.28. The quantitative estimate of drug-likeness (QED) is 0.858. The predicted octanol–water partition coefficient (Wildman–Crippen LogP) is 3.31. The molecule has 0 bridgehead atoms. The van der Waals surface area contributed by atoms with Crippen molar-refractivity contribution >= 4 is 29.4 Å². The number of hydrogen-bond acceptors (Lipinski definition) is 3. The van der Waals surface area contributed by atoms with Crippen LogP contribution in [0.2, 0.25) is 0 Å². The van der Waals surface area contributed by atoms with Crippen LogP contribution in [0.5, 0.6) is 0 Å². The molecule has 1 amide bonds. The van der Waals surface area contributed by atoms with E-state index in [1.54, 1.807) is 24.3 Å². The molecular formula is C17H13NO3. The summed E-state index contributed by atoms with van der Waals surface area (Å²) in [7, 11) is 0. The van der Waals surface area contributed by atoms with E-state index in [1.807, 2.05) is 30.3 Å². The van der Waals surface area contributed by atoms with E-state index in [0.29, 0.717) is 11.3 Å². The number of carbonyl (C=O) groups is 2. The van der Waals surface area contributed by atoms with Gasteiger partial charge in [0.05, 0.1) is 5.56 Å². The third kappa shape index (κ3) is 2.69. The van der Waals surface area contributed by atoms with Crippen molar-refractivity contribution in [2.24, 2.45) is 0 Å². The van der Waals surface area contributed by atoms with Gasteiger partial charge in [-0.2, -0.15) is 0 Å². The number of ether oxygens (including phenoxy) is 1. The topological polar surface area (TPSA) is 55.4 Å². The first-order chi connectivity index (χ1) is 10.1. The highest BCUT2D eigenvalue weighted by molar-refractivity contribution is 6.05. The Morgan fingerprint density at radius 3 is 2.38 bits per heavy atom. The van der Waals surface area contributed by atoms with Crippen molar-refractivity contribution in [1.29, 1.82) is 0 Å². The minimum Gasteiger partial charge on any atom is -0.422 e. The fourth-order valence-electron chi connectivity index (χ4n) is 2.21. The number of hydrogen-bond donors (Lipinski definition) is 1. The van der Waals surface area contributed by atoms with Crippen molar-refractivity contribution in [1.82, 2.24) is 0 Å². The lowest BCUT2D eigenvalue weighted by Gasteiger charge is -2.03. The number of fused-ring (bicyclic) bond motifs is 1. The Balaban J connectivity index is 1.89. The molecule has 0 aromatic heterocycles. The normalized spacial score (nSPS) is 14.7. The van der Waals surface area contributed by atoms with Crippen LogP contribution in [0.3, 0.4) is 0 Å². The van der Waals surface area contributed by atoms with Gasteiger partial charge in [0, 0.05) is 18.2 Å². The molecule has 1 heterocycles. The van der Waals surface area contributed by atoms with Gasteiger partial charge in [0.2, 0.25) is 5.91 Å². The minimum absolute atomic E-state index is 0.111. The maximum Gasteiger partial charge on any atom is 0.344 e. The standard InChI is InChI=1S/C17H13NO3/c1-11(19)18-13-8-6-12(7-9-13)10-16-14-4-2-3-5-15(14)17(20)21-16/h2-10H,1H3,(H,18,19)/b16-10-. The zero-order valence-corrected chi connectivity index (χ0v) is 11.4. The Hall–Kier alpha value is -2.88. The van der Waals surface area contributed by atoms with Gasteiger partial charge >= 0.3 is 5.97 Å². The summed E-state index contributed by atoms with van der Waals surface area (Å²) in [5.74, 6) is 0.106. The molecule has 0 fully saturated rings. The molecule has 2 aromatic carbocycles. The van der Waals surface area contributed by atoms with Crippen molar-refractivity contribution in [3.8, 4) is 0 Å². The van der Waals surface area contributed by atoms with Gasteiger partial charge in [-0.15, -0.1) is 0 Å². The second kappa shape index (κ2) is 5.25. The van der Waals surface area contributed by atoms with Gasteiger partial charge in [0.15, 0.2) is 0 Å². The molecule has 1 aliphatic rings. The van der Waals surface area contributed by atoms with Crippen LogP contribution in [-0.2, 0) is 9.53 Å². The van der Waals surface area contributed by atoms with Crippen molar-refractivity contribution in [3.63, 3.8) is 0 Å². The van der Waals surface area contributed by atoms with E-state index in [-0.39, 0.29) is 11.9 Å². The third-order valence-corrected chi connectivity index (χ3v) is 3.14. The van der Waals surface area contributed by atoms with E-state index >= 15 is 0 Å². The Labute approximate surface area is 122 Å². The minimum atomic E-state index is -0.327. The van der Waals surface area contributed by atoms with Gasteiger partial charge in [-0.3, -0.25) is 4.79 Å². The monoisotopic (exact) mass is 279 g/mol. The predicted molar refractivity (Wildman–Crippen MR) is 80.5 cm³/mol. The molecule has 21 heavy (non-hydrogen) atoms. The number of carbonyl (C=O) groups excluding carboxylic acids is 2. The lowest BCUT2D eigenvalue weighted by atomic mass is 10.1. The van der Waals surface area contributed by atoms with Crippen LogP contribution in [0, 0.1) is 0 Å². The number of benzene rings is 2. The molecule has 1 N–H and O–H groups in total. The lowest BCUT2D eigenvalue weighted by Crippen LogP contribution is -2.05. The molecule has 0 aliphatic carbocycles. The number of rotatable bonds is 2. The molecule has 4 heteroatoms. The molecule has 0 atom stereocenters. The van der Waals surface area contributed by atoms with Crippen LogP contribution in [0.4, 0.5) is 5.69 Å². The van der Waals surface area contributed by atoms with E-state index in [1.165, 1.54) is 6.92 Å². The number of esters is 1. The van der Waals surface area contributed by atoms with Gasteiger partial charge in [-0.1, -0.05) is 30.3 Å². The Morgan fingerprint density at radius 1 is 1.05 bits per heavy atom. The van der Waals surface area contributed by atoms with E-state index in [0.717, 1.165) is 16.8 Å². The second-order valence-corrected chi connectivity index (χ2v) is 4.75. The highest BCUT2D eigenvalue weighted by atomic mass is 16.5. The van der Waals surface area contributed by atoms with E-state index in [2.05, 4.69) is 5.32 Å². The number of cyclic esters (lactones) is 1. The van der Waals surface area contributed by atoms with Crippen LogP contribution in [-0.4, -0.2) is 11.9 Å². The molecule has 4 nitrogen and oxygen atoms in total. The Morgan fingerprint density at radius 2 is 1.71 bits per heavy atom.